The van der Waals surface area contributed by atoms with Crippen molar-refractivity contribution >= 4 is 28.3 Å². The number of thiazole rings is 1. The van der Waals surface area contributed by atoms with Crippen LogP contribution >= 0.6 is 11.3 Å². The van der Waals surface area contributed by atoms with Crippen LogP contribution in [0.3, 0.4) is 0 Å². The van der Waals surface area contributed by atoms with Crippen LogP contribution < -0.4 is 10.1 Å². The Labute approximate surface area is 237 Å². The predicted molar refractivity (Wildman–Crippen MR) is 152 cm³/mol. The van der Waals surface area contributed by atoms with Gasteiger partial charge < -0.3 is 19.5 Å². The van der Waals surface area contributed by atoms with Crippen LogP contribution in [0.1, 0.15) is 62.2 Å². The number of benzene rings is 2. The fraction of sp³-hybridized carbons (Fsp3) is 0.433. The second kappa shape index (κ2) is 11.6. The summed E-state index contributed by atoms with van der Waals surface area (Å²) in [6, 6.07) is 12.5. The van der Waals surface area contributed by atoms with E-state index in [0.717, 1.165) is 69.7 Å². The lowest BCUT2D eigenvalue weighted by atomic mass is 9.96. The van der Waals surface area contributed by atoms with Crippen LogP contribution in [0.5, 0.6) is 11.5 Å². The molecular formula is C30H34N4O5S. The molecule has 10 heteroatoms. The minimum Gasteiger partial charge on any atom is -0.504 e. The van der Waals surface area contributed by atoms with Crippen LogP contribution in [0, 0.1) is 0 Å². The van der Waals surface area contributed by atoms with E-state index in [1.165, 1.54) is 18.1 Å². The van der Waals surface area contributed by atoms with Crippen LogP contribution in [-0.2, 0) is 17.6 Å². The maximum atomic E-state index is 13.4. The second-order valence-electron chi connectivity index (χ2n) is 10.6. The van der Waals surface area contributed by atoms with Crippen molar-refractivity contribution < 1.29 is 24.2 Å². The number of hydrogen-bond donors (Lipinski definition) is 2. The van der Waals surface area contributed by atoms with Crippen molar-refractivity contribution in [2.24, 2.45) is 0 Å². The lowest BCUT2D eigenvalue weighted by Gasteiger charge is -2.36. The molecule has 210 valence electrons. The highest BCUT2D eigenvalue weighted by Crippen LogP contribution is 2.36. The summed E-state index contributed by atoms with van der Waals surface area (Å²) in [5, 5.41) is 13.6. The number of likely N-dealkylation sites (tertiary alicyclic amines) is 1. The van der Waals surface area contributed by atoms with E-state index >= 15 is 0 Å². The highest BCUT2D eigenvalue weighted by Gasteiger charge is 2.32. The molecule has 6 rings (SSSR count). The maximum Gasteiger partial charge on any atom is 0.257 e. The number of carbonyl (C=O) groups is 2. The number of anilines is 1. The van der Waals surface area contributed by atoms with Gasteiger partial charge in [0.1, 0.15) is 0 Å². The van der Waals surface area contributed by atoms with Gasteiger partial charge in [-0.1, -0.05) is 12.1 Å². The standard InChI is InChI=1S/C30H34N4O5S/c1-38-26-17-21(7-10-25(26)35)29(37)34-11-3-6-24(34)19-4-2-5-20(16-19)28(36)32-30-31-23-9-8-22(18-27(23)40-30)33-12-14-39-15-13-33/h2,4-5,7,10,16-17,22,24,35H,3,6,8-9,11-15,18H2,1H3,(H,31,32,36)/t22-,24+/m0/s1. The van der Waals surface area contributed by atoms with E-state index < -0.39 is 0 Å². The molecule has 40 heavy (non-hydrogen) atoms. The fourth-order valence-electron chi connectivity index (χ4n) is 6.05. The molecule has 2 aromatic carbocycles. The third-order valence-electron chi connectivity index (χ3n) is 8.17. The maximum absolute atomic E-state index is 13.4. The molecule has 0 unspecified atom stereocenters. The minimum atomic E-state index is -0.197. The van der Waals surface area contributed by atoms with Gasteiger partial charge in [0.15, 0.2) is 16.6 Å². The van der Waals surface area contributed by atoms with Crippen LogP contribution in [-0.4, -0.2) is 77.7 Å². The van der Waals surface area contributed by atoms with E-state index in [1.54, 1.807) is 29.5 Å². The van der Waals surface area contributed by atoms with Crippen LogP contribution in [0.2, 0.25) is 0 Å². The summed E-state index contributed by atoms with van der Waals surface area (Å²) in [4.78, 5) is 37.0. The smallest absolute Gasteiger partial charge is 0.257 e. The number of phenols is 1. The van der Waals surface area contributed by atoms with E-state index in [0.29, 0.717) is 28.8 Å². The summed E-state index contributed by atoms with van der Waals surface area (Å²) in [5.74, 6) is -0.0642. The molecule has 2 N–H and O–H groups in total. The van der Waals surface area contributed by atoms with Gasteiger partial charge in [-0.15, -0.1) is 11.3 Å². The number of fused-ring (bicyclic) bond motifs is 1. The van der Waals surface area contributed by atoms with Gasteiger partial charge in [-0.05, 0) is 68.0 Å². The normalized spacial score (nSPS) is 21.2. The topological polar surface area (TPSA) is 104 Å². The highest BCUT2D eigenvalue weighted by atomic mass is 32.1. The lowest BCUT2D eigenvalue weighted by Crippen LogP contribution is -2.45. The zero-order valence-corrected chi connectivity index (χ0v) is 23.4. The van der Waals surface area contributed by atoms with E-state index in [4.69, 9.17) is 14.5 Å². The van der Waals surface area contributed by atoms with Gasteiger partial charge in [0.25, 0.3) is 11.8 Å². The molecule has 2 saturated heterocycles. The number of amides is 2. The van der Waals surface area contributed by atoms with Crippen molar-refractivity contribution in [3.63, 3.8) is 0 Å². The molecule has 2 aliphatic heterocycles. The molecule has 2 fully saturated rings. The Morgan fingerprint density at radius 3 is 2.77 bits per heavy atom. The summed E-state index contributed by atoms with van der Waals surface area (Å²) in [6.45, 7) is 4.17. The molecule has 0 spiro atoms. The van der Waals surface area contributed by atoms with Gasteiger partial charge in [0.2, 0.25) is 0 Å². The molecule has 0 saturated carbocycles. The molecule has 9 nitrogen and oxygen atoms in total. The van der Waals surface area contributed by atoms with Crippen LogP contribution in [0.25, 0.3) is 0 Å². The first-order valence-corrected chi connectivity index (χ1v) is 14.7. The average molecular weight is 563 g/mol. The van der Waals surface area contributed by atoms with Gasteiger partial charge in [-0.25, -0.2) is 4.98 Å². The number of aryl methyl sites for hydroxylation is 1. The molecule has 2 amide bonds. The molecule has 0 bridgehead atoms. The zero-order chi connectivity index (χ0) is 27.6. The van der Waals surface area contributed by atoms with Gasteiger partial charge in [-0.2, -0.15) is 0 Å². The van der Waals surface area contributed by atoms with E-state index in [-0.39, 0.29) is 29.4 Å². The highest BCUT2D eigenvalue weighted by molar-refractivity contribution is 7.15. The number of phenolic OH excluding ortho intramolecular Hbond substituents is 1. The number of hydrogen-bond acceptors (Lipinski definition) is 8. The Hall–Kier alpha value is -3.47. The molecule has 2 atom stereocenters. The Bertz CT molecular complexity index is 1400. The second-order valence-corrected chi connectivity index (χ2v) is 11.6. The third kappa shape index (κ3) is 5.43. The number of nitrogens with zero attached hydrogens (tertiary/aromatic N) is 3. The molecule has 3 aromatic rings. The third-order valence-corrected chi connectivity index (χ3v) is 9.21. The SMILES string of the molecule is COc1cc(C(=O)N2CCC[C@@H]2c2cccc(C(=O)Nc3nc4c(s3)C[C@@H](N3CCOCC3)CC4)c2)ccc1O. The van der Waals surface area contributed by atoms with Crippen molar-refractivity contribution in [2.45, 2.75) is 44.2 Å². The van der Waals surface area contributed by atoms with Crippen molar-refractivity contribution in [3.05, 3.63) is 69.7 Å². The van der Waals surface area contributed by atoms with Crippen molar-refractivity contribution in [2.75, 3.05) is 45.3 Å². The molecule has 3 aliphatic rings. The molecule has 3 heterocycles. The summed E-state index contributed by atoms with van der Waals surface area (Å²) >= 11 is 1.58. The number of nitrogens with one attached hydrogen (secondary N) is 1. The first-order valence-electron chi connectivity index (χ1n) is 13.9. The number of morpholine rings is 1. The zero-order valence-electron chi connectivity index (χ0n) is 22.6. The number of carbonyl (C=O) groups excluding carboxylic acids is 2. The fourth-order valence-corrected chi connectivity index (χ4v) is 7.13. The average Bonchev–Trinajstić information content (AvgIpc) is 3.64. The number of aromatic nitrogens is 1. The Balaban J connectivity index is 1.14. The largest absolute Gasteiger partial charge is 0.504 e. The van der Waals surface area contributed by atoms with Gasteiger partial charge in [-0.3, -0.25) is 19.8 Å². The summed E-state index contributed by atoms with van der Waals surface area (Å²) in [7, 11) is 1.46. The minimum absolute atomic E-state index is 0.00580. The quantitative estimate of drug-likeness (QED) is 0.462. The number of aromatic hydroxyl groups is 1. The number of ether oxygens (including phenoxy) is 2. The predicted octanol–water partition coefficient (Wildman–Crippen LogP) is 4.28. The summed E-state index contributed by atoms with van der Waals surface area (Å²) in [5.41, 5.74) is 3.03. The van der Waals surface area contributed by atoms with E-state index in [2.05, 4.69) is 10.2 Å². The Morgan fingerprint density at radius 1 is 1.10 bits per heavy atom. The van der Waals surface area contributed by atoms with Gasteiger partial charge in [0.05, 0.1) is 32.1 Å². The van der Waals surface area contributed by atoms with Crippen molar-refractivity contribution in [1.29, 1.82) is 0 Å². The van der Waals surface area contributed by atoms with Crippen molar-refractivity contribution in [3.8, 4) is 11.5 Å². The number of methoxy groups -OCH3 is 1. The lowest BCUT2D eigenvalue weighted by molar-refractivity contribution is 0.0139. The molecule has 1 aliphatic carbocycles. The molecule has 0 radical (unpaired) electrons. The molecular weight excluding hydrogens is 528 g/mol. The Morgan fingerprint density at radius 2 is 1.95 bits per heavy atom. The van der Waals surface area contributed by atoms with E-state index in [1.807, 2.05) is 23.1 Å². The van der Waals surface area contributed by atoms with Crippen LogP contribution in [0.15, 0.2) is 42.5 Å². The summed E-state index contributed by atoms with van der Waals surface area (Å²) < 4.78 is 10.7. The first-order chi connectivity index (χ1) is 19.5. The summed E-state index contributed by atoms with van der Waals surface area (Å²) in [6.07, 6.45) is 4.67. The van der Waals surface area contributed by atoms with Gasteiger partial charge in [0, 0.05) is 41.7 Å². The van der Waals surface area contributed by atoms with Gasteiger partial charge >= 0.3 is 0 Å². The first kappa shape index (κ1) is 26.7. The number of rotatable bonds is 6. The monoisotopic (exact) mass is 562 g/mol. The Kier molecular flexibility index (Phi) is 7.73. The molecule has 1 aromatic heterocycles. The van der Waals surface area contributed by atoms with E-state index in [9.17, 15) is 14.7 Å². The van der Waals surface area contributed by atoms with Crippen LogP contribution in [0.4, 0.5) is 5.13 Å². The van der Waals surface area contributed by atoms with Crippen molar-refractivity contribution in [1.82, 2.24) is 14.8 Å².